The summed E-state index contributed by atoms with van der Waals surface area (Å²) in [6, 6.07) is 33.3. The van der Waals surface area contributed by atoms with E-state index in [4.69, 9.17) is 0 Å². The van der Waals surface area contributed by atoms with E-state index in [0.717, 1.165) is 41.5 Å². The Labute approximate surface area is 274 Å². The van der Waals surface area contributed by atoms with Gasteiger partial charge in [0.15, 0.2) is 0 Å². The lowest BCUT2D eigenvalue weighted by Crippen LogP contribution is -2.42. The van der Waals surface area contributed by atoms with Gasteiger partial charge in [-0.2, -0.15) is 4.31 Å². The third kappa shape index (κ3) is 6.85. The van der Waals surface area contributed by atoms with Gasteiger partial charge in [0.2, 0.25) is 10.0 Å². The topological polar surface area (TPSA) is 74.8 Å². The lowest BCUT2D eigenvalue weighted by molar-refractivity contribution is 0.326. The van der Waals surface area contributed by atoms with Crippen molar-refractivity contribution in [1.29, 1.82) is 0 Å². The first-order valence-corrected chi connectivity index (χ1v) is 19.0. The number of benzene rings is 4. The van der Waals surface area contributed by atoms with Crippen LogP contribution in [-0.4, -0.2) is 43.6 Å². The van der Waals surface area contributed by atoms with E-state index in [1.165, 1.54) is 9.87 Å². The normalized spacial score (nSPS) is 20.6. The summed E-state index contributed by atoms with van der Waals surface area (Å²) in [5.41, 5.74) is 5.17. The summed E-state index contributed by atoms with van der Waals surface area (Å²) in [6.07, 6.45) is 6.44. The van der Waals surface area contributed by atoms with E-state index >= 15 is 0 Å². The molecule has 0 radical (unpaired) electrons. The first kappa shape index (κ1) is 32.2. The van der Waals surface area contributed by atoms with Crippen molar-refractivity contribution in [3.63, 3.8) is 0 Å². The smallest absolute Gasteiger partial charge is 0.264 e. The number of rotatable bonds is 11. The van der Waals surface area contributed by atoms with Gasteiger partial charge in [-0.25, -0.2) is 16.8 Å². The highest BCUT2D eigenvalue weighted by Gasteiger charge is 2.46. The molecule has 0 spiro atoms. The molecule has 0 N–H and O–H groups in total. The molecular formula is C38H42N2O4S2. The molecule has 0 amide bonds. The van der Waals surface area contributed by atoms with Crippen molar-refractivity contribution in [2.45, 2.75) is 86.7 Å². The Balaban J connectivity index is 1.35. The monoisotopic (exact) mass is 654 g/mol. The highest BCUT2D eigenvalue weighted by Crippen LogP contribution is 2.42. The molecule has 0 aliphatic carbocycles. The Kier molecular flexibility index (Phi) is 9.50. The highest BCUT2D eigenvalue weighted by molar-refractivity contribution is 7.89. The molecule has 0 unspecified atom stereocenters. The van der Waals surface area contributed by atoms with Crippen molar-refractivity contribution >= 4 is 20.0 Å². The molecule has 4 aromatic rings. The van der Waals surface area contributed by atoms with Crippen molar-refractivity contribution in [2.24, 2.45) is 0 Å². The summed E-state index contributed by atoms with van der Waals surface area (Å²) in [5, 5.41) is 0. The number of hydrogen-bond donors (Lipinski definition) is 0. The number of hydrogen-bond acceptors (Lipinski definition) is 4. The Morgan fingerprint density at radius 2 is 1.07 bits per heavy atom. The van der Waals surface area contributed by atoms with Gasteiger partial charge < -0.3 is 0 Å². The molecular weight excluding hydrogens is 613 g/mol. The van der Waals surface area contributed by atoms with Crippen LogP contribution in [0.25, 0.3) is 0 Å². The fraction of sp³-hybridized carbons (Fsp3) is 0.316. The molecule has 2 aliphatic heterocycles. The van der Waals surface area contributed by atoms with Crippen molar-refractivity contribution in [2.75, 3.05) is 0 Å². The molecule has 3 atom stereocenters. The van der Waals surface area contributed by atoms with Gasteiger partial charge in [-0.05, 0) is 99.8 Å². The predicted octanol–water partition coefficient (Wildman–Crippen LogP) is 7.44. The summed E-state index contributed by atoms with van der Waals surface area (Å²) in [6.45, 7) is 3.88. The summed E-state index contributed by atoms with van der Waals surface area (Å²) in [5.74, 6) is 0. The van der Waals surface area contributed by atoms with E-state index in [1.807, 2.05) is 74.5 Å². The minimum Gasteiger partial charge on any atom is -0.270 e. The van der Waals surface area contributed by atoms with Gasteiger partial charge in [0, 0.05) is 24.3 Å². The fourth-order valence-corrected chi connectivity index (χ4v) is 10.3. The Morgan fingerprint density at radius 1 is 0.587 bits per heavy atom. The van der Waals surface area contributed by atoms with Crippen LogP contribution in [0.3, 0.4) is 0 Å². The average molecular weight is 655 g/mol. The predicted molar refractivity (Wildman–Crippen MR) is 183 cm³/mol. The van der Waals surface area contributed by atoms with E-state index < -0.39 is 26.1 Å². The van der Waals surface area contributed by atoms with E-state index in [-0.39, 0.29) is 21.9 Å². The van der Waals surface area contributed by atoms with Gasteiger partial charge in [0.25, 0.3) is 10.0 Å². The highest BCUT2D eigenvalue weighted by atomic mass is 32.2. The zero-order valence-electron chi connectivity index (χ0n) is 26.5. The number of aryl methyl sites for hydroxylation is 4. The molecule has 1 fully saturated rings. The molecule has 240 valence electrons. The van der Waals surface area contributed by atoms with Crippen LogP contribution in [-0.2, 0) is 32.9 Å². The zero-order chi connectivity index (χ0) is 32.3. The summed E-state index contributed by atoms with van der Waals surface area (Å²) in [4.78, 5) is 0.523. The lowest BCUT2D eigenvalue weighted by atomic mass is 9.98. The molecule has 1 saturated heterocycles. The minimum absolute atomic E-state index is 0.192. The third-order valence-corrected chi connectivity index (χ3v) is 13.2. The second-order valence-corrected chi connectivity index (χ2v) is 16.3. The van der Waals surface area contributed by atoms with E-state index in [2.05, 4.69) is 24.3 Å². The van der Waals surface area contributed by atoms with Gasteiger partial charge in [0.05, 0.1) is 9.79 Å². The van der Waals surface area contributed by atoms with Crippen LogP contribution in [0, 0.1) is 13.8 Å². The SMILES string of the molecule is Cc1ccc(S(=O)(=O)N2C=C([C@H]3CC[C@@H](CCc4ccccc4)N3S(=O)(=O)c3ccc(C)cc3)C[C@H]2CCc2ccccc2)cc1. The van der Waals surface area contributed by atoms with Crippen molar-refractivity contribution in [1.82, 2.24) is 8.61 Å². The van der Waals surface area contributed by atoms with Crippen molar-refractivity contribution in [3.8, 4) is 0 Å². The maximum atomic E-state index is 14.4. The molecule has 0 saturated carbocycles. The summed E-state index contributed by atoms with van der Waals surface area (Å²) < 4.78 is 60.3. The van der Waals surface area contributed by atoms with Crippen LogP contribution in [0.4, 0.5) is 0 Å². The van der Waals surface area contributed by atoms with Crippen LogP contribution < -0.4 is 0 Å². The van der Waals surface area contributed by atoms with Crippen LogP contribution >= 0.6 is 0 Å². The zero-order valence-corrected chi connectivity index (χ0v) is 28.1. The largest absolute Gasteiger partial charge is 0.270 e. The Bertz CT molecular complexity index is 1870. The average Bonchev–Trinajstić information content (AvgIpc) is 3.70. The van der Waals surface area contributed by atoms with Gasteiger partial charge in [-0.1, -0.05) is 96.1 Å². The standard InChI is InChI=1S/C38H42N2O4S2/c1-29-13-22-36(23-14-29)45(41,42)39-28-33(27-35(39)20-18-32-11-7-4-8-12-32)38-26-21-34(19-17-31-9-5-3-6-10-31)40(38)46(43,44)37-24-15-30(2)16-25-37/h3-16,22-25,28,34-35,38H,17-21,26-27H2,1-2H3/t34-,35-,38-/m1/s1. The van der Waals surface area contributed by atoms with Crippen LogP contribution in [0.1, 0.15) is 54.4 Å². The van der Waals surface area contributed by atoms with Crippen LogP contribution in [0.15, 0.2) is 131 Å². The molecule has 6 nitrogen and oxygen atoms in total. The van der Waals surface area contributed by atoms with Gasteiger partial charge >= 0.3 is 0 Å². The number of nitrogens with zero attached hydrogens (tertiary/aromatic N) is 2. The summed E-state index contributed by atoms with van der Waals surface area (Å²) >= 11 is 0. The Morgan fingerprint density at radius 3 is 1.59 bits per heavy atom. The lowest BCUT2D eigenvalue weighted by Gasteiger charge is -2.30. The second-order valence-electron chi connectivity index (χ2n) is 12.7. The van der Waals surface area contributed by atoms with Crippen LogP contribution in [0.2, 0.25) is 0 Å². The van der Waals surface area contributed by atoms with Crippen molar-refractivity contribution in [3.05, 3.63) is 143 Å². The first-order chi connectivity index (χ1) is 22.1. The molecule has 0 bridgehead atoms. The summed E-state index contributed by atoms with van der Waals surface area (Å²) in [7, 11) is -7.71. The van der Waals surface area contributed by atoms with E-state index in [0.29, 0.717) is 25.7 Å². The first-order valence-electron chi connectivity index (χ1n) is 16.1. The van der Waals surface area contributed by atoms with Crippen LogP contribution in [0.5, 0.6) is 0 Å². The molecule has 2 aliphatic rings. The molecule has 4 aromatic carbocycles. The maximum absolute atomic E-state index is 14.4. The molecule has 46 heavy (non-hydrogen) atoms. The fourth-order valence-electron chi connectivity index (χ4n) is 6.86. The minimum atomic E-state index is -3.85. The molecule has 0 aromatic heterocycles. The quantitative estimate of drug-likeness (QED) is 0.169. The Hall–Kier alpha value is -3.72. The molecule has 2 heterocycles. The molecule has 8 heteroatoms. The third-order valence-electron chi connectivity index (χ3n) is 9.40. The second kappa shape index (κ2) is 13.6. The van der Waals surface area contributed by atoms with Gasteiger partial charge in [0.1, 0.15) is 0 Å². The maximum Gasteiger partial charge on any atom is 0.264 e. The number of sulfonamides is 2. The van der Waals surface area contributed by atoms with Gasteiger partial charge in [-0.15, -0.1) is 0 Å². The van der Waals surface area contributed by atoms with Crippen molar-refractivity contribution < 1.29 is 16.8 Å². The van der Waals surface area contributed by atoms with Gasteiger partial charge in [-0.3, -0.25) is 4.31 Å². The van der Waals surface area contributed by atoms with E-state index in [9.17, 15) is 16.8 Å². The molecule has 6 rings (SSSR count). The van der Waals surface area contributed by atoms with E-state index in [1.54, 1.807) is 34.8 Å².